The first kappa shape index (κ1) is 15.8. The van der Waals surface area contributed by atoms with Gasteiger partial charge in [0, 0.05) is 7.05 Å². The summed E-state index contributed by atoms with van der Waals surface area (Å²) < 4.78 is 10.5. The van der Waals surface area contributed by atoms with E-state index >= 15 is 0 Å². The summed E-state index contributed by atoms with van der Waals surface area (Å²) in [6.45, 7) is 3.03. The van der Waals surface area contributed by atoms with Gasteiger partial charge in [-0.2, -0.15) is 0 Å². The molecule has 0 saturated carbocycles. The number of amides is 1. The lowest BCUT2D eigenvalue weighted by molar-refractivity contribution is -0.150. The van der Waals surface area contributed by atoms with Gasteiger partial charge in [0.25, 0.3) is 5.91 Å². The fourth-order valence-electron chi connectivity index (χ4n) is 1.55. The average molecular weight is 281 g/mol. The predicted octanol–water partition coefficient (Wildman–Crippen LogP) is 1.39. The summed E-state index contributed by atoms with van der Waals surface area (Å²) in [4.78, 5) is 24.0. The highest BCUT2D eigenvalue weighted by Crippen LogP contribution is 2.18. The van der Waals surface area contributed by atoms with Crippen LogP contribution in [0.5, 0.6) is 11.5 Å². The maximum absolute atomic E-state index is 12.0. The molecular formula is C14H19NO5. The zero-order valence-corrected chi connectivity index (χ0v) is 12.0. The van der Waals surface area contributed by atoms with Crippen molar-refractivity contribution in [3.63, 3.8) is 0 Å². The molecule has 0 aromatic heterocycles. The normalized spacial score (nSPS) is 13.2. The van der Waals surface area contributed by atoms with E-state index in [-0.39, 0.29) is 0 Å². The van der Waals surface area contributed by atoms with Crippen molar-refractivity contribution in [3.8, 4) is 11.5 Å². The number of methoxy groups -OCH3 is 1. The third-order valence-electron chi connectivity index (χ3n) is 3.01. The highest BCUT2D eigenvalue weighted by Gasteiger charge is 2.26. The Morgan fingerprint density at radius 3 is 2.10 bits per heavy atom. The summed E-state index contributed by atoms with van der Waals surface area (Å²) in [5, 5.41) is 8.88. The maximum atomic E-state index is 12.0. The molecule has 1 aromatic carbocycles. The summed E-state index contributed by atoms with van der Waals surface area (Å²) in [6.07, 6.45) is -0.768. The van der Waals surface area contributed by atoms with Crippen molar-refractivity contribution in [2.45, 2.75) is 26.0 Å². The van der Waals surface area contributed by atoms with Crippen molar-refractivity contribution in [1.29, 1.82) is 0 Å². The molecule has 0 heterocycles. The first-order valence-electron chi connectivity index (χ1n) is 6.17. The van der Waals surface area contributed by atoms with Gasteiger partial charge in [0.2, 0.25) is 0 Å². The standard InChI is InChI=1S/C14H19NO5/c1-9(14(17)18)15(3)13(16)10(2)20-12-7-5-11(19-4)6-8-12/h5-10H,1-4H3,(H,17,18). The molecule has 20 heavy (non-hydrogen) atoms. The van der Waals surface area contributed by atoms with Gasteiger partial charge in [0.1, 0.15) is 17.5 Å². The molecule has 6 heteroatoms. The van der Waals surface area contributed by atoms with Gasteiger partial charge in [-0.05, 0) is 38.1 Å². The van der Waals surface area contributed by atoms with Crippen LogP contribution in [0.15, 0.2) is 24.3 Å². The Bertz CT molecular complexity index is 471. The van der Waals surface area contributed by atoms with Gasteiger partial charge in [-0.15, -0.1) is 0 Å². The Labute approximate surface area is 117 Å². The van der Waals surface area contributed by atoms with Crippen molar-refractivity contribution in [2.24, 2.45) is 0 Å². The molecule has 1 aromatic rings. The molecular weight excluding hydrogens is 262 g/mol. The van der Waals surface area contributed by atoms with Gasteiger partial charge >= 0.3 is 5.97 Å². The molecule has 0 radical (unpaired) electrons. The summed E-state index contributed by atoms with van der Waals surface area (Å²) >= 11 is 0. The molecule has 0 aliphatic carbocycles. The summed E-state index contributed by atoms with van der Waals surface area (Å²) in [5.74, 6) is -0.246. The van der Waals surface area contributed by atoms with Gasteiger partial charge in [-0.1, -0.05) is 0 Å². The van der Waals surface area contributed by atoms with Gasteiger partial charge in [0.15, 0.2) is 6.10 Å². The van der Waals surface area contributed by atoms with E-state index in [1.807, 2.05) is 0 Å². The van der Waals surface area contributed by atoms with Crippen LogP contribution < -0.4 is 9.47 Å². The molecule has 0 aliphatic rings. The van der Waals surface area contributed by atoms with Crippen molar-refractivity contribution in [1.82, 2.24) is 4.90 Å². The third-order valence-corrected chi connectivity index (χ3v) is 3.01. The minimum Gasteiger partial charge on any atom is -0.497 e. The second kappa shape index (κ2) is 6.79. The largest absolute Gasteiger partial charge is 0.497 e. The van der Waals surface area contributed by atoms with Crippen LogP contribution in [-0.4, -0.2) is 48.2 Å². The van der Waals surface area contributed by atoms with Crippen molar-refractivity contribution in [3.05, 3.63) is 24.3 Å². The zero-order valence-electron chi connectivity index (χ0n) is 12.0. The average Bonchev–Trinajstić information content (AvgIpc) is 2.45. The molecule has 0 bridgehead atoms. The van der Waals surface area contributed by atoms with Crippen molar-refractivity contribution < 1.29 is 24.2 Å². The third kappa shape index (κ3) is 3.88. The van der Waals surface area contributed by atoms with Crippen LogP contribution in [-0.2, 0) is 9.59 Å². The predicted molar refractivity (Wildman–Crippen MR) is 73.0 cm³/mol. The SMILES string of the molecule is COc1ccc(OC(C)C(=O)N(C)C(C)C(=O)O)cc1. The van der Waals surface area contributed by atoms with Crippen LogP contribution in [0.25, 0.3) is 0 Å². The van der Waals surface area contributed by atoms with E-state index in [9.17, 15) is 9.59 Å². The number of aliphatic carboxylic acids is 1. The van der Waals surface area contributed by atoms with E-state index in [2.05, 4.69) is 0 Å². The van der Waals surface area contributed by atoms with Gasteiger partial charge in [-0.25, -0.2) is 4.79 Å². The van der Waals surface area contributed by atoms with Crippen LogP contribution in [0.4, 0.5) is 0 Å². The fourth-order valence-corrected chi connectivity index (χ4v) is 1.55. The lowest BCUT2D eigenvalue weighted by Gasteiger charge is -2.25. The van der Waals surface area contributed by atoms with E-state index in [1.165, 1.54) is 14.0 Å². The Morgan fingerprint density at radius 1 is 1.15 bits per heavy atom. The lowest BCUT2D eigenvalue weighted by atomic mass is 10.2. The van der Waals surface area contributed by atoms with E-state index in [0.29, 0.717) is 11.5 Å². The molecule has 1 rings (SSSR count). The van der Waals surface area contributed by atoms with E-state index in [1.54, 1.807) is 38.3 Å². The quantitative estimate of drug-likeness (QED) is 0.852. The number of hydrogen-bond acceptors (Lipinski definition) is 4. The Balaban J connectivity index is 2.67. The van der Waals surface area contributed by atoms with Crippen LogP contribution in [0.2, 0.25) is 0 Å². The van der Waals surface area contributed by atoms with Crippen LogP contribution in [0.3, 0.4) is 0 Å². The highest BCUT2D eigenvalue weighted by molar-refractivity contribution is 5.85. The van der Waals surface area contributed by atoms with Crippen LogP contribution >= 0.6 is 0 Å². The maximum Gasteiger partial charge on any atom is 0.326 e. The number of benzene rings is 1. The number of rotatable bonds is 6. The molecule has 1 amide bonds. The van der Waals surface area contributed by atoms with Crippen molar-refractivity contribution in [2.75, 3.05) is 14.2 Å². The van der Waals surface area contributed by atoms with E-state index in [4.69, 9.17) is 14.6 Å². The van der Waals surface area contributed by atoms with Crippen LogP contribution in [0, 0.1) is 0 Å². The second-order valence-corrected chi connectivity index (χ2v) is 4.40. The Morgan fingerprint density at radius 2 is 1.65 bits per heavy atom. The molecule has 1 N–H and O–H groups in total. The smallest absolute Gasteiger partial charge is 0.326 e. The lowest BCUT2D eigenvalue weighted by Crippen LogP contribution is -2.46. The first-order valence-corrected chi connectivity index (χ1v) is 6.17. The number of ether oxygens (including phenoxy) is 2. The number of carboxylic acid groups (broad SMARTS) is 1. The Kier molecular flexibility index (Phi) is 5.37. The number of carbonyl (C=O) groups is 2. The minimum atomic E-state index is -1.06. The Hall–Kier alpha value is -2.24. The van der Waals surface area contributed by atoms with Gasteiger partial charge in [-0.3, -0.25) is 4.79 Å². The monoisotopic (exact) mass is 281 g/mol. The van der Waals surface area contributed by atoms with Gasteiger partial charge in [0.05, 0.1) is 7.11 Å². The highest BCUT2D eigenvalue weighted by atomic mass is 16.5. The molecule has 0 saturated heterocycles. The molecule has 6 nitrogen and oxygen atoms in total. The molecule has 0 fully saturated rings. The summed E-state index contributed by atoms with van der Waals surface area (Å²) in [6, 6.07) is 5.91. The number of carboxylic acids is 1. The number of nitrogens with zero attached hydrogens (tertiary/aromatic N) is 1. The number of carbonyl (C=O) groups excluding carboxylic acids is 1. The first-order chi connectivity index (χ1) is 9.36. The number of hydrogen-bond donors (Lipinski definition) is 1. The second-order valence-electron chi connectivity index (χ2n) is 4.40. The topological polar surface area (TPSA) is 76.1 Å². The molecule has 2 atom stereocenters. The minimum absolute atomic E-state index is 0.393. The molecule has 0 aliphatic heterocycles. The summed E-state index contributed by atoms with van der Waals surface area (Å²) in [5.41, 5.74) is 0. The van der Waals surface area contributed by atoms with Crippen molar-refractivity contribution >= 4 is 11.9 Å². The zero-order chi connectivity index (χ0) is 15.3. The van der Waals surface area contributed by atoms with E-state index < -0.39 is 24.0 Å². The van der Waals surface area contributed by atoms with Crippen LogP contribution in [0.1, 0.15) is 13.8 Å². The van der Waals surface area contributed by atoms with E-state index in [0.717, 1.165) is 4.90 Å². The number of likely N-dealkylation sites (N-methyl/N-ethyl adjacent to an activating group) is 1. The fraction of sp³-hybridized carbons (Fsp3) is 0.429. The molecule has 2 unspecified atom stereocenters. The van der Waals surface area contributed by atoms with Gasteiger partial charge < -0.3 is 19.5 Å². The summed E-state index contributed by atoms with van der Waals surface area (Å²) in [7, 11) is 3.00. The molecule has 0 spiro atoms. The molecule has 110 valence electrons.